The molecule has 0 heterocycles. The van der Waals surface area contributed by atoms with Gasteiger partial charge in [-0.1, -0.05) is 71.1 Å². The maximum absolute atomic E-state index is 10.4. The molecule has 0 aliphatic rings. The molecule has 0 rings (SSSR count). The van der Waals surface area contributed by atoms with E-state index in [1.54, 1.807) is 0 Å². The molecule has 2 atom stereocenters. The van der Waals surface area contributed by atoms with Crippen LogP contribution in [0.1, 0.15) is 110 Å². The van der Waals surface area contributed by atoms with Gasteiger partial charge in [-0.2, -0.15) is 0 Å². The van der Waals surface area contributed by atoms with E-state index in [9.17, 15) is 15.0 Å². The van der Waals surface area contributed by atoms with E-state index in [0.717, 1.165) is 64.2 Å². The normalized spacial score (nSPS) is 13.8. The number of aliphatic hydroxyl groups is 2. The van der Waals surface area contributed by atoms with Crippen LogP contribution < -0.4 is 0 Å². The van der Waals surface area contributed by atoms with Crippen LogP contribution in [0.15, 0.2) is 0 Å². The zero-order valence-corrected chi connectivity index (χ0v) is 15.7. The van der Waals surface area contributed by atoms with Crippen molar-refractivity contribution in [1.82, 2.24) is 0 Å². The van der Waals surface area contributed by atoms with Crippen LogP contribution >= 0.6 is 0 Å². The lowest BCUT2D eigenvalue weighted by atomic mass is 10.0. The zero-order chi connectivity index (χ0) is 18.0. The standard InChI is InChI=1S/C20H40O4/c1-2-3-10-13-18(21)16-17-19(22)14-11-8-6-4-5-7-9-12-15-20(23)24/h18-19,21-22H,2-17H2,1H3,(H,23,24). The molecule has 0 fully saturated rings. The fourth-order valence-corrected chi connectivity index (χ4v) is 3.02. The molecule has 2 unspecified atom stereocenters. The van der Waals surface area contributed by atoms with Gasteiger partial charge in [0.2, 0.25) is 0 Å². The SMILES string of the molecule is CCCCCC(O)CCC(O)CCCCCCCCCCC(=O)O. The molecule has 0 aromatic carbocycles. The predicted molar refractivity (Wildman–Crippen MR) is 99.2 cm³/mol. The lowest BCUT2D eigenvalue weighted by Crippen LogP contribution is -2.13. The summed E-state index contributed by atoms with van der Waals surface area (Å²) in [5.41, 5.74) is 0. The van der Waals surface area contributed by atoms with Crippen LogP contribution in [0.4, 0.5) is 0 Å². The number of carboxylic acids is 1. The van der Waals surface area contributed by atoms with Crippen LogP contribution in [-0.4, -0.2) is 33.5 Å². The van der Waals surface area contributed by atoms with Crippen LogP contribution in [0.2, 0.25) is 0 Å². The van der Waals surface area contributed by atoms with Gasteiger partial charge in [0.15, 0.2) is 0 Å². The first-order chi connectivity index (χ1) is 11.6. The van der Waals surface area contributed by atoms with Crippen molar-refractivity contribution in [3.8, 4) is 0 Å². The summed E-state index contributed by atoms with van der Waals surface area (Å²) in [5, 5.41) is 28.3. The second-order valence-electron chi connectivity index (χ2n) is 7.14. The first kappa shape index (κ1) is 23.4. The molecule has 0 aromatic rings. The molecule has 0 spiro atoms. The Morgan fingerprint density at radius 1 is 0.667 bits per heavy atom. The van der Waals surface area contributed by atoms with Gasteiger partial charge in [-0.15, -0.1) is 0 Å². The van der Waals surface area contributed by atoms with Crippen LogP contribution in [-0.2, 0) is 4.79 Å². The Labute approximate surface area is 148 Å². The number of carbonyl (C=O) groups is 1. The van der Waals surface area contributed by atoms with Crippen LogP contribution in [0.3, 0.4) is 0 Å². The lowest BCUT2D eigenvalue weighted by molar-refractivity contribution is -0.137. The largest absolute Gasteiger partial charge is 0.481 e. The highest BCUT2D eigenvalue weighted by Gasteiger charge is 2.09. The van der Waals surface area contributed by atoms with Crippen LogP contribution in [0, 0.1) is 0 Å². The number of hydrogen-bond donors (Lipinski definition) is 3. The third kappa shape index (κ3) is 17.7. The van der Waals surface area contributed by atoms with Gasteiger partial charge in [-0.05, 0) is 32.1 Å². The highest BCUT2D eigenvalue weighted by Crippen LogP contribution is 2.15. The minimum absolute atomic E-state index is 0.243. The van der Waals surface area contributed by atoms with E-state index in [-0.39, 0.29) is 12.2 Å². The average molecular weight is 345 g/mol. The van der Waals surface area contributed by atoms with Crippen LogP contribution in [0.25, 0.3) is 0 Å². The highest BCUT2D eigenvalue weighted by molar-refractivity contribution is 5.66. The van der Waals surface area contributed by atoms with Gasteiger partial charge in [0.1, 0.15) is 0 Å². The topological polar surface area (TPSA) is 77.8 Å². The van der Waals surface area contributed by atoms with E-state index in [1.165, 1.54) is 32.1 Å². The summed E-state index contributed by atoms with van der Waals surface area (Å²) in [6.45, 7) is 2.16. The molecule has 24 heavy (non-hydrogen) atoms. The van der Waals surface area contributed by atoms with E-state index in [0.29, 0.717) is 6.42 Å². The molecule has 0 saturated carbocycles. The molecule has 0 aliphatic carbocycles. The summed E-state index contributed by atoms with van der Waals surface area (Å²) < 4.78 is 0. The summed E-state index contributed by atoms with van der Waals surface area (Å²) in [7, 11) is 0. The van der Waals surface area contributed by atoms with Crippen molar-refractivity contribution in [2.75, 3.05) is 0 Å². The Morgan fingerprint density at radius 2 is 1.08 bits per heavy atom. The van der Waals surface area contributed by atoms with Crippen molar-refractivity contribution < 1.29 is 20.1 Å². The smallest absolute Gasteiger partial charge is 0.303 e. The van der Waals surface area contributed by atoms with Crippen LogP contribution in [0.5, 0.6) is 0 Å². The molecule has 144 valence electrons. The maximum Gasteiger partial charge on any atom is 0.303 e. The van der Waals surface area contributed by atoms with Gasteiger partial charge in [0.05, 0.1) is 12.2 Å². The highest BCUT2D eigenvalue weighted by atomic mass is 16.4. The van der Waals surface area contributed by atoms with Gasteiger partial charge in [0, 0.05) is 6.42 Å². The van der Waals surface area contributed by atoms with E-state index in [1.807, 2.05) is 0 Å². The second kappa shape index (κ2) is 17.2. The number of hydrogen-bond acceptors (Lipinski definition) is 3. The third-order valence-corrected chi connectivity index (χ3v) is 4.65. The number of carboxylic acid groups (broad SMARTS) is 1. The monoisotopic (exact) mass is 344 g/mol. The Hall–Kier alpha value is -0.610. The van der Waals surface area contributed by atoms with Gasteiger partial charge in [0.25, 0.3) is 0 Å². The summed E-state index contributed by atoms with van der Waals surface area (Å²) in [4.78, 5) is 10.4. The van der Waals surface area contributed by atoms with E-state index in [4.69, 9.17) is 5.11 Å². The molecule has 0 aliphatic heterocycles. The van der Waals surface area contributed by atoms with Gasteiger partial charge < -0.3 is 15.3 Å². The zero-order valence-electron chi connectivity index (χ0n) is 15.7. The summed E-state index contributed by atoms with van der Waals surface area (Å²) in [5.74, 6) is -0.693. The van der Waals surface area contributed by atoms with E-state index in [2.05, 4.69) is 6.92 Å². The second-order valence-corrected chi connectivity index (χ2v) is 7.14. The van der Waals surface area contributed by atoms with Crippen molar-refractivity contribution in [1.29, 1.82) is 0 Å². The van der Waals surface area contributed by atoms with Gasteiger partial charge in [-0.3, -0.25) is 4.79 Å². The Morgan fingerprint density at radius 3 is 1.54 bits per heavy atom. The van der Waals surface area contributed by atoms with E-state index >= 15 is 0 Å². The minimum Gasteiger partial charge on any atom is -0.481 e. The molecule has 0 radical (unpaired) electrons. The molecule has 0 bridgehead atoms. The van der Waals surface area contributed by atoms with Crippen molar-refractivity contribution in [3.05, 3.63) is 0 Å². The number of aliphatic carboxylic acids is 1. The number of unbranched alkanes of at least 4 members (excludes halogenated alkanes) is 9. The lowest BCUT2D eigenvalue weighted by Gasteiger charge is -2.14. The quantitative estimate of drug-likeness (QED) is 0.304. The molecular formula is C20H40O4. The van der Waals surface area contributed by atoms with Gasteiger partial charge >= 0.3 is 5.97 Å². The fourth-order valence-electron chi connectivity index (χ4n) is 3.02. The predicted octanol–water partition coefficient (Wildman–Crippen LogP) is 5.05. The number of rotatable bonds is 18. The Kier molecular flexibility index (Phi) is 16.8. The number of aliphatic hydroxyl groups excluding tert-OH is 2. The third-order valence-electron chi connectivity index (χ3n) is 4.65. The average Bonchev–Trinajstić information content (AvgIpc) is 2.54. The first-order valence-electron chi connectivity index (χ1n) is 10.1. The molecule has 4 heteroatoms. The fraction of sp³-hybridized carbons (Fsp3) is 0.950. The first-order valence-corrected chi connectivity index (χ1v) is 10.1. The van der Waals surface area contributed by atoms with Gasteiger partial charge in [-0.25, -0.2) is 0 Å². The van der Waals surface area contributed by atoms with Crippen molar-refractivity contribution >= 4 is 5.97 Å². The van der Waals surface area contributed by atoms with Crippen molar-refractivity contribution in [2.45, 2.75) is 122 Å². The maximum atomic E-state index is 10.4. The molecule has 3 N–H and O–H groups in total. The summed E-state index contributed by atoms with van der Waals surface area (Å²) in [6, 6.07) is 0. The minimum atomic E-state index is -0.693. The Balaban J connectivity index is 3.28. The summed E-state index contributed by atoms with van der Waals surface area (Å²) >= 11 is 0. The molecular weight excluding hydrogens is 304 g/mol. The van der Waals surface area contributed by atoms with E-state index < -0.39 is 5.97 Å². The molecule has 0 saturated heterocycles. The molecule has 0 amide bonds. The Bertz CT molecular complexity index is 281. The molecule has 4 nitrogen and oxygen atoms in total. The van der Waals surface area contributed by atoms with Crippen molar-refractivity contribution in [3.63, 3.8) is 0 Å². The summed E-state index contributed by atoms with van der Waals surface area (Å²) in [6.07, 6.45) is 15.2. The van der Waals surface area contributed by atoms with Crippen molar-refractivity contribution in [2.24, 2.45) is 0 Å². The molecule has 0 aromatic heterocycles.